The van der Waals surface area contributed by atoms with Crippen molar-refractivity contribution < 1.29 is 9.47 Å². The third-order valence-corrected chi connectivity index (χ3v) is 14.2. The van der Waals surface area contributed by atoms with Gasteiger partial charge in [-0.2, -0.15) is 0 Å². The minimum Gasteiger partial charge on any atom is -0.453 e. The summed E-state index contributed by atoms with van der Waals surface area (Å²) in [4.78, 5) is 4.78. The molecule has 2 aliphatic heterocycles. The largest absolute Gasteiger partial charge is 0.453 e. The lowest BCUT2D eigenvalue weighted by atomic mass is 9.70. The molecule has 0 bridgehead atoms. The van der Waals surface area contributed by atoms with Gasteiger partial charge in [-0.15, -0.1) is 0 Å². The topological polar surface area (TPSA) is 24.9 Å². The highest BCUT2D eigenvalue weighted by molar-refractivity contribution is 6.03. The molecule has 0 N–H and O–H groups in total. The van der Waals surface area contributed by atoms with E-state index in [1.54, 1.807) is 0 Å². The zero-order valence-corrected chi connectivity index (χ0v) is 34.2. The molecule has 0 fully saturated rings. The first-order valence-electron chi connectivity index (χ1n) is 21.5. The maximum absolute atomic E-state index is 7.19. The summed E-state index contributed by atoms with van der Waals surface area (Å²) in [6, 6.07) is 70.9. The van der Waals surface area contributed by atoms with Gasteiger partial charge in [-0.3, -0.25) is 4.90 Å². The highest BCUT2D eigenvalue weighted by Crippen LogP contribution is 2.66. The van der Waals surface area contributed by atoms with Gasteiger partial charge in [0.2, 0.25) is 0 Å². The standard InChI is InChI=1S/C58H38N2O2/c1-57(2)41-20-7-6-19-40(41)54-45(57)24-15-27-49(54)59(50-32-33-53-55-56(50)62-52-29-14-12-26-48(52)60(55)47-25-11-13-28-51(47)61-53)35-30-31-39-38-18-5-10-23-44(38)58(46(39)34-35)42-21-8-3-16-36(42)37-17-4-9-22-43(37)58/h3-34H,1-2H3. The number of hydrogen-bond donors (Lipinski definition) is 0. The number of ether oxygens (including phenoxy) is 2. The van der Waals surface area contributed by atoms with Gasteiger partial charge < -0.3 is 14.4 Å². The molecule has 2 heterocycles. The van der Waals surface area contributed by atoms with Gasteiger partial charge in [-0.05, 0) is 116 Å². The first-order valence-corrected chi connectivity index (χ1v) is 21.5. The summed E-state index contributed by atoms with van der Waals surface area (Å²) in [6.07, 6.45) is 0. The van der Waals surface area contributed by atoms with Crippen LogP contribution in [0.15, 0.2) is 194 Å². The van der Waals surface area contributed by atoms with E-state index in [0.29, 0.717) is 0 Å². The van der Waals surface area contributed by atoms with Gasteiger partial charge in [-0.25, -0.2) is 0 Å². The predicted octanol–water partition coefficient (Wildman–Crippen LogP) is 15.5. The molecule has 0 amide bonds. The van der Waals surface area contributed by atoms with Crippen LogP contribution in [0.25, 0.3) is 33.4 Å². The predicted molar refractivity (Wildman–Crippen MR) is 250 cm³/mol. The Bertz CT molecular complexity index is 3360. The first kappa shape index (κ1) is 34.0. The number of nitrogens with zero attached hydrogens (tertiary/aromatic N) is 2. The molecule has 4 nitrogen and oxygen atoms in total. The van der Waals surface area contributed by atoms with Crippen LogP contribution in [0.3, 0.4) is 0 Å². The van der Waals surface area contributed by atoms with Crippen molar-refractivity contribution in [1.82, 2.24) is 0 Å². The molecule has 9 aromatic carbocycles. The number of benzene rings is 9. The monoisotopic (exact) mass is 794 g/mol. The Hall–Kier alpha value is -7.82. The Morgan fingerprint density at radius 3 is 1.60 bits per heavy atom. The number of rotatable bonds is 3. The Morgan fingerprint density at radius 2 is 0.935 bits per heavy atom. The molecule has 0 atom stereocenters. The number of para-hydroxylation sites is 4. The molecule has 9 aromatic rings. The Balaban J connectivity index is 1.08. The van der Waals surface area contributed by atoms with E-state index in [9.17, 15) is 0 Å². The SMILES string of the molecule is CC1(C)c2ccccc2-c2c(N(c3ccc4c(c3)C3(c5ccccc5-c5ccccc53)c3ccccc3-4)c3ccc4c5c3Oc3ccccc3N5c3ccccc3O4)cccc21. The van der Waals surface area contributed by atoms with Crippen LogP contribution in [0.4, 0.5) is 34.1 Å². The molecule has 0 radical (unpaired) electrons. The normalized spacial score (nSPS) is 15.1. The number of hydrogen-bond acceptors (Lipinski definition) is 4. The Kier molecular flexibility index (Phi) is 6.53. The lowest BCUT2D eigenvalue weighted by molar-refractivity contribution is 0.446. The molecule has 1 spiro atoms. The van der Waals surface area contributed by atoms with Crippen molar-refractivity contribution in [3.63, 3.8) is 0 Å². The van der Waals surface area contributed by atoms with Gasteiger partial charge in [0.25, 0.3) is 0 Å². The molecule has 3 aliphatic carbocycles. The second kappa shape index (κ2) is 11.9. The Morgan fingerprint density at radius 1 is 0.403 bits per heavy atom. The van der Waals surface area contributed by atoms with Crippen LogP contribution in [-0.4, -0.2) is 0 Å². The average molecular weight is 795 g/mol. The summed E-state index contributed by atoms with van der Waals surface area (Å²) >= 11 is 0. The van der Waals surface area contributed by atoms with Gasteiger partial charge in [0, 0.05) is 16.7 Å². The second-order valence-corrected chi connectivity index (χ2v) is 17.6. The van der Waals surface area contributed by atoms with Gasteiger partial charge in [0.05, 0.1) is 28.2 Å². The molecule has 0 aromatic heterocycles. The van der Waals surface area contributed by atoms with Crippen molar-refractivity contribution in [3.05, 3.63) is 228 Å². The highest BCUT2D eigenvalue weighted by Gasteiger charge is 2.52. The first-order chi connectivity index (χ1) is 30.5. The van der Waals surface area contributed by atoms with Gasteiger partial charge in [0.1, 0.15) is 5.69 Å². The highest BCUT2D eigenvalue weighted by atomic mass is 16.5. The van der Waals surface area contributed by atoms with Crippen LogP contribution in [0.2, 0.25) is 0 Å². The third-order valence-electron chi connectivity index (χ3n) is 14.2. The maximum Gasteiger partial charge on any atom is 0.179 e. The van der Waals surface area contributed by atoms with E-state index >= 15 is 0 Å². The summed E-state index contributed by atoms with van der Waals surface area (Å²) in [5, 5.41) is 0. The van der Waals surface area contributed by atoms with Crippen molar-refractivity contribution in [2.75, 3.05) is 9.80 Å². The molecule has 62 heavy (non-hydrogen) atoms. The van der Waals surface area contributed by atoms with Gasteiger partial charge >= 0.3 is 0 Å². The minimum absolute atomic E-state index is 0.192. The van der Waals surface area contributed by atoms with E-state index in [1.165, 1.54) is 66.8 Å². The van der Waals surface area contributed by atoms with Crippen molar-refractivity contribution in [2.24, 2.45) is 0 Å². The molecule has 0 saturated heterocycles. The molecule has 292 valence electrons. The number of anilines is 6. The zero-order valence-electron chi connectivity index (χ0n) is 34.2. The van der Waals surface area contributed by atoms with E-state index < -0.39 is 5.41 Å². The van der Waals surface area contributed by atoms with Crippen molar-refractivity contribution in [1.29, 1.82) is 0 Å². The zero-order chi connectivity index (χ0) is 40.9. The lowest BCUT2D eigenvalue weighted by Crippen LogP contribution is -2.26. The van der Waals surface area contributed by atoms with Gasteiger partial charge in [-0.1, -0.05) is 153 Å². The Labute approximate surface area is 360 Å². The van der Waals surface area contributed by atoms with Gasteiger partial charge in [0.15, 0.2) is 23.0 Å². The third kappa shape index (κ3) is 4.12. The van der Waals surface area contributed by atoms with Crippen LogP contribution in [0.1, 0.15) is 47.2 Å². The minimum atomic E-state index is -0.498. The summed E-state index contributed by atoms with van der Waals surface area (Å²) in [7, 11) is 0. The van der Waals surface area contributed by atoms with Crippen LogP contribution >= 0.6 is 0 Å². The van der Waals surface area contributed by atoms with Crippen molar-refractivity contribution in [3.8, 4) is 56.4 Å². The van der Waals surface area contributed by atoms with E-state index in [0.717, 1.165) is 57.1 Å². The van der Waals surface area contributed by atoms with E-state index in [2.05, 4.69) is 206 Å². The smallest absolute Gasteiger partial charge is 0.179 e. The van der Waals surface area contributed by atoms with E-state index in [1.807, 2.05) is 12.1 Å². The molecule has 0 unspecified atom stereocenters. The molecule has 14 rings (SSSR count). The fourth-order valence-corrected chi connectivity index (χ4v) is 11.7. The molecule has 0 saturated carbocycles. The molecule has 5 aliphatic rings. The average Bonchev–Trinajstić information content (AvgIpc) is 3.88. The van der Waals surface area contributed by atoms with Crippen molar-refractivity contribution >= 4 is 34.1 Å². The number of fused-ring (bicyclic) bond motifs is 17. The molecule has 4 heteroatoms. The summed E-state index contributed by atoms with van der Waals surface area (Å²) < 4.78 is 13.9. The van der Waals surface area contributed by atoms with Crippen LogP contribution in [-0.2, 0) is 10.8 Å². The summed E-state index contributed by atoms with van der Waals surface area (Å²) in [6.45, 7) is 4.71. The fraction of sp³-hybridized carbons (Fsp3) is 0.0690. The lowest BCUT2D eigenvalue weighted by Gasteiger charge is -2.40. The fourth-order valence-electron chi connectivity index (χ4n) is 11.7. The van der Waals surface area contributed by atoms with Crippen LogP contribution < -0.4 is 19.3 Å². The second-order valence-electron chi connectivity index (χ2n) is 17.6. The summed E-state index contributed by atoms with van der Waals surface area (Å²) in [5.74, 6) is 3.10. The van der Waals surface area contributed by atoms with Crippen molar-refractivity contribution in [2.45, 2.75) is 24.7 Å². The van der Waals surface area contributed by atoms with E-state index in [4.69, 9.17) is 9.47 Å². The van der Waals surface area contributed by atoms with Crippen LogP contribution in [0.5, 0.6) is 23.0 Å². The maximum atomic E-state index is 7.19. The van der Waals surface area contributed by atoms with Crippen LogP contribution in [0, 0.1) is 0 Å². The van der Waals surface area contributed by atoms with E-state index in [-0.39, 0.29) is 5.41 Å². The molecular formula is C58H38N2O2. The molecular weight excluding hydrogens is 757 g/mol. The summed E-state index contributed by atoms with van der Waals surface area (Å²) in [5.41, 5.74) is 20.7. The quantitative estimate of drug-likeness (QED) is 0.178.